The fraction of sp³-hybridized carbons (Fsp3) is 0.435. The summed E-state index contributed by atoms with van der Waals surface area (Å²) in [5.74, 6) is 0.0945. The number of nitrogens with zero attached hydrogens (tertiary/aromatic N) is 2. The average Bonchev–Trinajstić information content (AvgIpc) is 2.74. The average molecular weight is 390 g/mol. The highest BCUT2D eigenvalue weighted by Gasteiger charge is 2.29. The van der Waals surface area contributed by atoms with Crippen LogP contribution in [0, 0.1) is 28.6 Å². The number of benzene rings is 1. The molecular formula is C23H27N5O. The molecule has 2 aliphatic rings. The van der Waals surface area contributed by atoms with Gasteiger partial charge in [0.05, 0.1) is 29.2 Å². The van der Waals surface area contributed by atoms with E-state index in [4.69, 9.17) is 0 Å². The molecule has 0 aliphatic carbocycles. The highest BCUT2D eigenvalue weighted by molar-refractivity contribution is 5.94. The van der Waals surface area contributed by atoms with E-state index in [1.54, 1.807) is 12.1 Å². The molecule has 1 amide bonds. The fourth-order valence-electron chi connectivity index (χ4n) is 4.15. The van der Waals surface area contributed by atoms with Crippen LogP contribution in [0.3, 0.4) is 0 Å². The van der Waals surface area contributed by atoms with E-state index in [0.29, 0.717) is 29.2 Å². The minimum atomic E-state index is -0.450. The van der Waals surface area contributed by atoms with Crippen molar-refractivity contribution in [2.45, 2.75) is 39.0 Å². The van der Waals surface area contributed by atoms with E-state index in [9.17, 15) is 15.3 Å². The van der Waals surface area contributed by atoms with E-state index in [0.717, 1.165) is 49.3 Å². The highest BCUT2D eigenvalue weighted by atomic mass is 16.1. The zero-order valence-electron chi connectivity index (χ0n) is 17.0. The minimum absolute atomic E-state index is 0.117. The molecule has 150 valence electrons. The molecule has 2 aliphatic heterocycles. The van der Waals surface area contributed by atoms with Crippen molar-refractivity contribution in [3.8, 4) is 12.1 Å². The standard InChI is InChI=1S/C23H27N5O/c1-15-20(13-24)22(21(14-25)16(2)28-15)18-4-3-5-19(12-18)23(29)27-11-8-17-6-9-26-10-7-17/h3-5,12,17,22,26,28H,6-11H2,1-2H3,(H,27,29). The summed E-state index contributed by atoms with van der Waals surface area (Å²) in [4.78, 5) is 12.7. The summed E-state index contributed by atoms with van der Waals surface area (Å²) < 4.78 is 0. The largest absolute Gasteiger partial charge is 0.361 e. The first-order chi connectivity index (χ1) is 14.0. The van der Waals surface area contributed by atoms with E-state index in [2.05, 4.69) is 28.1 Å². The summed E-state index contributed by atoms with van der Waals surface area (Å²) in [6.07, 6.45) is 3.31. The summed E-state index contributed by atoms with van der Waals surface area (Å²) in [5, 5.41) is 28.8. The lowest BCUT2D eigenvalue weighted by molar-refractivity contribution is 0.0950. The van der Waals surface area contributed by atoms with Gasteiger partial charge in [-0.05, 0) is 69.8 Å². The van der Waals surface area contributed by atoms with Crippen molar-refractivity contribution in [2.75, 3.05) is 19.6 Å². The molecule has 0 radical (unpaired) electrons. The van der Waals surface area contributed by atoms with Crippen LogP contribution >= 0.6 is 0 Å². The normalized spacial score (nSPS) is 18.1. The van der Waals surface area contributed by atoms with E-state index in [1.807, 2.05) is 26.0 Å². The number of carbonyl (C=O) groups is 1. The van der Waals surface area contributed by atoms with E-state index < -0.39 is 5.92 Å². The van der Waals surface area contributed by atoms with Crippen LogP contribution in [-0.4, -0.2) is 25.5 Å². The molecule has 1 aromatic carbocycles. The van der Waals surface area contributed by atoms with Crippen LogP contribution in [0.2, 0.25) is 0 Å². The first-order valence-electron chi connectivity index (χ1n) is 10.1. The van der Waals surface area contributed by atoms with Gasteiger partial charge in [0, 0.05) is 23.5 Å². The predicted octanol–water partition coefficient (Wildman–Crippen LogP) is 3.09. The quantitative estimate of drug-likeness (QED) is 0.718. The second-order valence-corrected chi connectivity index (χ2v) is 7.72. The molecule has 29 heavy (non-hydrogen) atoms. The Morgan fingerprint density at radius 2 is 1.79 bits per heavy atom. The third-order valence-corrected chi connectivity index (χ3v) is 5.78. The van der Waals surface area contributed by atoms with Crippen LogP contribution in [0.15, 0.2) is 46.8 Å². The van der Waals surface area contributed by atoms with Gasteiger partial charge < -0.3 is 16.0 Å². The maximum Gasteiger partial charge on any atom is 0.251 e. The van der Waals surface area contributed by atoms with E-state index in [1.165, 1.54) is 0 Å². The lowest BCUT2D eigenvalue weighted by Crippen LogP contribution is -2.31. The molecular weight excluding hydrogens is 362 g/mol. The summed E-state index contributed by atoms with van der Waals surface area (Å²) in [6.45, 7) is 6.44. The zero-order chi connectivity index (χ0) is 20.8. The number of allylic oxidation sites excluding steroid dienone is 4. The van der Waals surface area contributed by atoms with E-state index >= 15 is 0 Å². The number of carbonyl (C=O) groups excluding carboxylic acids is 1. The molecule has 3 N–H and O–H groups in total. The van der Waals surface area contributed by atoms with E-state index in [-0.39, 0.29) is 5.91 Å². The molecule has 0 atom stereocenters. The molecule has 0 spiro atoms. The summed E-state index contributed by atoms with van der Waals surface area (Å²) >= 11 is 0. The van der Waals surface area contributed by atoms with Crippen LogP contribution in [0.5, 0.6) is 0 Å². The van der Waals surface area contributed by atoms with Gasteiger partial charge in [-0.15, -0.1) is 0 Å². The van der Waals surface area contributed by atoms with Gasteiger partial charge >= 0.3 is 0 Å². The van der Waals surface area contributed by atoms with Crippen LogP contribution in [0.1, 0.15) is 54.9 Å². The second kappa shape index (κ2) is 9.41. The van der Waals surface area contributed by atoms with Gasteiger partial charge in [-0.25, -0.2) is 0 Å². The Bertz CT molecular complexity index is 889. The number of piperidine rings is 1. The number of hydrogen-bond acceptors (Lipinski definition) is 5. The smallest absolute Gasteiger partial charge is 0.251 e. The summed E-state index contributed by atoms with van der Waals surface area (Å²) in [5.41, 5.74) is 3.84. The number of nitrogens with one attached hydrogen (secondary N) is 3. The molecule has 2 heterocycles. The van der Waals surface area contributed by atoms with Gasteiger partial charge in [-0.3, -0.25) is 4.79 Å². The second-order valence-electron chi connectivity index (χ2n) is 7.72. The number of dihydropyridines is 1. The zero-order valence-corrected chi connectivity index (χ0v) is 17.0. The molecule has 1 aromatic rings. The van der Waals surface area contributed by atoms with Crippen molar-refractivity contribution in [1.29, 1.82) is 10.5 Å². The number of hydrogen-bond donors (Lipinski definition) is 3. The molecule has 0 bridgehead atoms. The molecule has 1 saturated heterocycles. The van der Waals surface area contributed by atoms with Crippen LogP contribution in [0.25, 0.3) is 0 Å². The number of nitriles is 2. The highest BCUT2D eigenvalue weighted by Crippen LogP contribution is 2.37. The van der Waals surface area contributed by atoms with Crippen LogP contribution in [0.4, 0.5) is 0 Å². The lowest BCUT2D eigenvalue weighted by Gasteiger charge is -2.26. The van der Waals surface area contributed by atoms with Crippen LogP contribution in [-0.2, 0) is 0 Å². The number of amides is 1. The van der Waals surface area contributed by atoms with Gasteiger partial charge in [-0.2, -0.15) is 10.5 Å². The van der Waals surface area contributed by atoms with Crippen molar-refractivity contribution in [3.63, 3.8) is 0 Å². The van der Waals surface area contributed by atoms with Crippen LogP contribution < -0.4 is 16.0 Å². The van der Waals surface area contributed by atoms with Gasteiger partial charge in [0.1, 0.15) is 0 Å². The third-order valence-electron chi connectivity index (χ3n) is 5.78. The van der Waals surface area contributed by atoms with Crippen molar-refractivity contribution in [1.82, 2.24) is 16.0 Å². The van der Waals surface area contributed by atoms with Gasteiger partial charge in [0.2, 0.25) is 0 Å². The first kappa shape index (κ1) is 20.6. The van der Waals surface area contributed by atoms with Gasteiger partial charge in [0.15, 0.2) is 0 Å². The van der Waals surface area contributed by atoms with Crippen molar-refractivity contribution in [3.05, 3.63) is 57.9 Å². The maximum absolute atomic E-state index is 12.7. The third kappa shape index (κ3) is 4.67. The first-order valence-corrected chi connectivity index (χ1v) is 10.1. The molecule has 0 saturated carbocycles. The molecule has 6 heteroatoms. The topological polar surface area (TPSA) is 101 Å². The van der Waals surface area contributed by atoms with Gasteiger partial charge in [-0.1, -0.05) is 12.1 Å². The Balaban J connectivity index is 1.76. The maximum atomic E-state index is 12.7. The Kier molecular flexibility index (Phi) is 6.69. The number of rotatable bonds is 5. The molecule has 1 fully saturated rings. The molecule has 6 nitrogen and oxygen atoms in total. The Hall–Kier alpha value is -3.09. The van der Waals surface area contributed by atoms with Crippen molar-refractivity contribution < 1.29 is 4.79 Å². The lowest BCUT2D eigenvalue weighted by atomic mass is 9.81. The Morgan fingerprint density at radius 1 is 1.14 bits per heavy atom. The SMILES string of the molecule is CC1=C(C#N)C(c2cccc(C(=O)NCCC3CCNCC3)c2)C(C#N)=C(C)N1. The monoisotopic (exact) mass is 389 g/mol. The Labute approximate surface area is 172 Å². The van der Waals surface area contributed by atoms with Gasteiger partial charge in [0.25, 0.3) is 5.91 Å². The summed E-state index contributed by atoms with van der Waals surface area (Å²) in [7, 11) is 0. The molecule has 3 rings (SSSR count). The van der Waals surface area contributed by atoms with Crippen molar-refractivity contribution >= 4 is 5.91 Å². The fourth-order valence-corrected chi connectivity index (χ4v) is 4.15. The predicted molar refractivity (Wildman–Crippen MR) is 111 cm³/mol. The summed E-state index contributed by atoms with van der Waals surface area (Å²) in [6, 6.07) is 11.7. The van der Waals surface area contributed by atoms with Crippen molar-refractivity contribution in [2.24, 2.45) is 5.92 Å². The Morgan fingerprint density at radius 3 is 2.41 bits per heavy atom. The minimum Gasteiger partial charge on any atom is -0.361 e. The molecule has 0 unspecified atom stereocenters. The molecule has 0 aromatic heterocycles.